The molecule has 1 unspecified atom stereocenters. The molecular formula is C20H27N3O2. The normalized spacial score (nSPS) is 21.1. The highest BCUT2D eigenvalue weighted by molar-refractivity contribution is 5.80. The second-order valence-corrected chi connectivity index (χ2v) is 6.85. The highest BCUT2D eigenvalue weighted by Crippen LogP contribution is 2.21. The molecule has 1 saturated heterocycles. The number of amides is 2. The van der Waals surface area contributed by atoms with E-state index >= 15 is 0 Å². The number of benzene rings is 1. The summed E-state index contributed by atoms with van der Waals surface area (Å²) in [6.07, 6.45) is 7.14. The van der Waals surface area contributed by atoms with Crippen LogP contribution in [-0.4, -0.2) is 54.3 Å². The number of carbonyl (C=O) groups excluding carboxylic acids is 2. The van der Waals surface area contributed by atoms with Gasteiger partial charge >= 0.3 is 0 Å². The minimum Gasteiger partial charge on any atom is -0.351 e. The monoisotopic (exact) mass is 341 g/mol. The first kappa shape index (κ1) is 17.7. The largest absolute Gasteiger partial charge is 0.351 e. The zero-order valence-electron chi connectivity index (χ0n) is 14.7. The third-order valence-electron chi connectivity index (χ3n) is 5.00. The zero-order valence-corrected chi connectivity index (χ0v) is 14.7. The molecule has 25 heavy (non-hydrogen) atoms. The van der Waals surface area contributed by atoms with E-state index < -0.39 is 0 Å². The molecule has 1 aromatic carbocycles. The Balaban J connectivity index is 1.38. The van der Waals surface area contributed by atoms with Crippen molar-refractivity contribution in [1.29, 1.82) is 0 Å². The number of nitrogens with zero attached hydrogens (tertiary/aromatic N) is 2. The van der Waals surface area contributed by atoms with Gasteiger partial charge < -0.3 is 10.2 Å². The second-order valence-electron chi connectivity index (χ2n) is 6.85. The van der Waals surface area contributed by atoms with Gasteiger partial charge in [0, 0.05) is 38.6 Å². The van der Waals surface area contributed by atoms with Crippen molar-refractivity contribution in [3.63, 3.8) is 0 Å². The molecule has 1 fully saturated rings. The number of allylic oxidation sites excluding steroid dienone is 2. The molecule has 2 amide bonds. The van der Waals surface area contributed by atoms with E-state index in [-0.39, 0.29) is 17.7 Å². The van der Waals surface area contributed by atoms with E-state index in [0.717, 1.165) is 51.0 Å². The number of piperazine rings is 1. The summed E-state index contributed by atoms with van der Waals surface area (Å²) in [6, 6.07) is 9.92. The van der Waals surface area contributed by atoms with E-state index in [1.54, 1.807) is 0 Å². The van der Waals surface area contributed by atoms with E-state index in [1.807, 2.05) is 35.2 Å². The number of hydrogen-bond acceptors (Lipinski definition) is 3. The summed E-state index contributed by atoms with van der Waals surface area (Å²) in [4.78, 5) is 28.7. The number of carbonyl (C=O) groups is 2. The van der Waals surface area contributed by atoms with Gasteiger partial charge in [-0.15, -0.1) is 0 Å². The molecule has 1 aliphatic heterocycles. The number of hydrogen-bond donors (Lipinski definition) is 1. The van der Waals surface area contributed by atoms with E-state index in [1.165, 1.54) is 0 Å². The van der Waals surface area contributed by atoms with Gasteiger partial charge in [0.25, 0.3) is 0 Å². The van der Waals surface area contributed by atoms with Gasteiger partial charge in [0.1, 0.15) is 0 Å². The summed E-state index contributed by atoms with van der Waals surface area (Å²) in [5.41, 5.74) is 1.10. The van der Waals surface area contributed by atoms with Gasteiger partial charge in [0.15, 0.2) is 0 Å². The summed E-state index contributed by atoms with van der Waals surface area (Å²) in [6.45, 7) is 3.96. The number of nitrogens with one attached hydrogen (secondary N) is 1. The minimum atomic E-state index is 0.0426. The molecule has 1 atom stereocenters. The van der Waals surface area contributed by atoms with Crippen LogP contribution in [0.1, 0.15) is 24.8 Å². The molecule has 2 aliphatic rings. The standard InChI is InChI=1S/C20H27N3O2/c24-19(21-15-17-7-3-1-4-8-17)16-22-11-13-23(14-12-22)20(25)18-9-5-2-6-10-18/h1-5,7-8,18H,6,9-16H2,(H,21,24). The second kappa shape index (κ2) is 8.81. The topological polar surface area (TPSA) is 52.7 Å². The molecule has 0 bridgehead atoms. The van der Waals surface area contributed by atoms with Crippen molar-refractivity contribution in [1.82, 2.24) is 15.1 Å². The van der Waals surface area contributed by atoms with Crippen molar-refractivity contribution in [3.8, 4) is 0 Å². The van der Waals surface area contributed by atoms with Crippen LogP contribution in [-0.2, 0) is 16.1 Å². The quantitative estimate of drug-likeness (QED) is 0.831. The fourth-order valence-corrected chi connectivity index (χ4v) is 3.46. The van der Waals surface area contributed by atoms with Gasteiger partial charge in [0.05, 0.1) is 6.54 Å². The molecule has 3 rings (SSSR count). The first-order valence-electron chi connectivity index (χ1n) is 9.19. The average Bonchev–Trinajstić information content (AvgIpc) is 2.68. The first-order chi connectivity index (χ1) is 12.2. The Morgan fingerprint density at radius 1 is 1.04 bits per heavy atom. The Morgan fingerprint density at radius 2 is 1.80 bits per heavy atom. The van der Waals surface area contributed by atoms with Crippen LogP contribution in [0.4, 0.5) is 0 Å². The maximum absolute atomic E-state index is 12.5. The van der Waals surface area contributed by atoms with Crippen molar-refractivity contribution in [3.05, 3.63) is 48.0 Å². The van der Waals surface area contributed by atoms with Crippen LogP contribution in [0.25, 0.3) is 0 Å². The molecule has 0 spiro atoms. The van der Waals surface area contributed by atoms with Crippen LogP contribution < -0.4 is 5.32 Å². The van der Waals surface area contributed by atoms with Gasteiger partial charge in [-0.25, -0.2) is 0 Å². The molecule has 1 heterocycles. The molecule has 0 aromatic heterocycles. The van der Waals surface area contributed by atoms with Crippen LogP contribution in [0.3, 0.4) is 0 Å². The lowest BCUT2D eigenvalue weighted by Gasteiger charge is -2.36. The molecule has 1 aliphatic carbocycles. The van der Waals surface area contributed by atoms with Gasteiger partial charge in [-0.05, 0) is 24.8 Å². The first-order valence-corrected chi connectivity index (χ1v) is 9.19. The van der Waals surface area contributed by atoms with Crippen LogP contribution >= 0.6 is 0 Å². The summed E-state index contributed by atoms with van der Waals surface area (Å²) in [5.74, 6) is 0.490. The van der Waals surface area contributed by atoms with E-state index in [2.05, 4.69) is 22.4 Å². The molecule has 0 radical (unpaired) electrons. The molecule has 1 N–H and O–H groups in total. The van der Waals surface area contributed by atoms with E-state index in [4.69, 9.17) is 0 Å². The highest BCUT2D eigenvalue weighted by Gasteiger charge is 2.27. The van der Waals surface area contributed by atoms with Gasteiger partial charge in [-0.2, -0.15) is 0 Å². The third-order valence-corrected chi connectivity index (χ3v) is 5.00. The SMILES string of the molecule is O=C(CN1CCN(C(=O)C2CC=CCC2)CC1)NCc1ccccc1. The van der Waals surface area contributed by atoms with Crippen molar-refractivity contribution in [2.24, 2.45) is 5.92 Å². The Labute approximate surface area is 149 Å². The molecule has 0 saturated carbocycles. The van der Waals surface area contributed by atoms with Gasteiger partial charge in [-0.3, -0.25) is 14.5 Å². The maximum Gasteiger partial charge on any atom is 0.234 e. The zero-order chi connectivity index (χ0) is 17.5. The fraction of sp³-hybridized carbons (Fsp3) is 0.500. The molecular weight excluding hydrogens is 314 g/mol. The molecule has 5 nitrogen and oxygen atoms in total. The van der Waals surface area contributed by atoms with Crippen LogP contribution in [0.15, 0.2) is 42.5 Å². The molecule has 134 valence electrons. The Morgan fingerprint density at radius 3 is 2.48 bits per heavy atom. The van der Waals surface area contributed by atoms with Crippen LogP contribution in [0.5, 0.6) is 0 Å². The van der Waals surface area contributed by atoms with Gasteiger partial charge in [0.2, 0.25) is 11.8 Å². The van der Waals surface area contributed by atoms with Crippen molar-refractivity contribution >= 4 is 11.8 Å². The van der Waals surface area contributed by atoms with Crippen molar-refractivity contribution < 1.29 is 9.59 Å². The lowest BCUT2D eigenvalue weighted by Crippen LogP contribution is -2.52. The predicted molar refractivity (Wildman–Crippen MR) is 97.8 cm³/mol. The van der Waals surface area contributed by atoms with E-state index in [0.29, 0.717) is 13.1 Å². The smallest absolute Gasteiger partial charge is 0.234 e. The minimum absolute atomic E-state index is 0.0426. The summed E-state index contributed by atoms with van der Waals surface area (Å²) in [7, 11) is 0. The Bertz CT molecular complexity index is 607. The lowest BCUT2D eigenvalue weighted by atomic mass is 9.93. The third kappa shape index (κ3) is 5.16. The highest BCUT2D eigenvalue weighted by atomic mass is 16.2. The fourth-order valence-electron chi connectivity index (χ4n) is 3.46. The van der Waals surface area contributed by atoms with Gasteiger partial charge in [-0.1, -0.05) is 42.5 Å². The number of rotatable bonds is 5. The Kier molecular flexibility index (Phi) is 6.23. The molecule has 1 aromatic rings. The van der Waals surface area contributed by atoms with Crippen molar-refractivity contribution in [2.75, 3.05) is 32.7 Å². The summed E-state index contributed by atoms with van der Waals surface area (Å²) < 4.78 is 0. The summed E-state index contributed by atoms with van der Waals surface area (Å²) in [5, 5.41) is 2.96. The molecule has 5 heteroatoms. The maximum atomic E-state index is 12.5. The van der Waals surface area contributed by atoms with Crippen LogP contribution in [0.2, 0.25) is 0 Å². The summed E-state index contributed by atoms with van der Waals surface area (Å²) >= 11 is 0. The average molecular weight is 341 g/mol. The predicted octanol–water partition coefficient (Wildman–Crippen LogP) is 1.80. The van der Waals surface area contributed by atoms with Crippen LogP contribution in [0, 0.1) is 5.92 Å². The Hall–Kier alpha value is -2.14. The lowest BCUT2D eigenvalue weighted by molar-refractivity contribution is -0.137. The van der Waals surface area contributed by atoms with Crippen molar-refractivity contribution in [2.45, 2.75) is 25.8 Å². The van der Waals surface area contributed by atoms with E-state index in [9.17, 15) is 9.59 Å².